The highest BCUT2D eigenvalue weighted by Crippen LogP contribution is 2.32. The number of nitro groups is 1. The number of rotatable bonds is 3. The highest BCUT2D eigenvalue weighted by molar-refractivity contribution is 6.44. The Morgan fingerprint density at radius 2 is 2.19 bits per heavy atom. The summed E-state index contributed by atoms with van der Waals surface area (Å²) in [5.41, 5.74) is 5.64. The van der Waals surface area contributed by atoms with Gasteiger partial charge in [0, 0.05) is 31.3 Å². The molecule has 1 amide bonds. The largest absolute Gasteiger partial charge is 0.338 e. The Bertz CT molecular complexity index is 592. The molecule has 2 unspecified atom stereocenters. The van der Waals surface area contributed by atoms with Crippen molar-refractivity contribution < 1.29 is 9.72 Å². The van der Waals surface area contributed by atoms with Gasteiger partial charge in [0.15, 0.2) is 0 Å². The minimum Gasteiger partial charge on any atom is -0.338 e. The summed E-state index contributed by atoms with van der Waals surface area (Å²) in [5, 5.41) is 10.9. The standard InChI is InChI=1S/C13H15Cl2N3O3/c1-7(16)8-2-3-17(6-8)13(19)10-4-9(18(20)21)5-11(14)12(10)15/h4-5,7-8H,2-3,6,16H2,1H3. The van der Waals surface area contributed by atoms with Crippen LogP contribution >= 0.6 is 23.2 Å². The maximum atomic E-state index is 12.5. The Kier molecular flexibility index (Phi) is 4.70. The zero-order chi connectivity index (χ0) is 15.7. The Morgan fingerprint density at radius 1 is 1.52 bits per heavy atom. The molecule has 1 aromatic carbocycles. The first-order valence-corrected chi connectivity index (χ1v) is 7.25. The molecule has 114 valence electrons. The summed E-state index contributed by atoms with van der Waals surface area (Å²) in [5.74, 6) is -0.129. The molecule has 0 aromatic heterocycles. The number of hydrogen-bond donors (Lipinski definition) is 1. The summed E-state index contributed by atoms with van der Waals surface area (Å²) in [6.07, 6.45) is 0.809. The third kappa shape index (κ3) is 3.28. The summed E-state index contributed by atoms with van der Waals surface area (Å²) < 4.78 is 0. The molecule has 2 atom stereocenters. The lowest BCUT2D eigenvalue weighted by atomic mass is 10.0. The van der Waals surface area contributed by atoms with Gasteiger partial charge in [-0.05, 0) is 19.3 Å². The van der Waals surface area contributed by atoms with Gasteiger partial charge in [0.2, 0.25) is 0 Å². The van der Waals surface area contributed by atoms with Gasteiger partial charge in [0.1, 0.15) is 0 Å². The maximum absolute atomic E-state index is 12.5. The second kappa shape index (κ2) is 6.17. The van der Waals surface area contributed by atoms with Crippen LogP contribution in [-0.4, -0.2) is 34.9 Å². The molecule has 1 heterocycles. The molecular formula is C13H15Cl2N3O3. The first kappa shape index (κ1) is 16.0. The topological polar surface area (TPSA) is 89.5 Å². The number of nitrogens with two attached hydrogens (primary N) is 1. The zero-order valence-electron chi connectivity index (χ0n) is 11.4. The van der Waals surface area contributed by atoms with Gasteiger partial charge in [0.05, 0.1) is 20.5 Å². The number of carbonyl (C=O) groups is 1. The van der Waals surface area contributed by atoms with Gasteiger partial charge in [-0.2, -0.15) is 0 Å². The van der Waals surface area contributed by atoms with Crippen molar-refractivity contribution in [3.05, 3.63) is 37.9 Å². The van der Waals surface area contributed by atoms with Crippen LogP contribution in [0, 0.1) is 16.0 Å². The lowest BCUT2D eigenvalue weighted by Crippen LogP contribution is -2.33. The monoisotopic (exact) mass is 331 g/mol. The molecule has 8 heteroatoms. The molecule has 6 nitrogen and oxygen atoms in total. The highest BCUT2D eigenvalue weighted by atomic mass is 35.5. The van der Waals surface area contributed by atoms with E-state index in [1.165, 1.54) is 0 Å². The lowest BCUT2D eigenvalue weighted by Gasteiger charge is -2.19. The van der Waals surface area contributed by atoms with E-state index in [1.54, 1.807) is 4.90 Å². The average molecular weight is 332 g/mol. The summed E-state index contributed by atoms with van der Waals surface area (Å²) in [4.78, 5) is 24.3. The molecule has 1 fully saturated rings. The maximum Gasteiger partial charge on any atom is 0.271 e. The van der Waals surface area contributed by atoms with Crippen LogP contribution in [0.25, 0.3) is 0 Å². The molecule has 1 saturated heterocycles. The Balaban J connectivity index is 2.29. The van der Waals surface area contributed by atoms with Crippen molar-refractivity contribution in [2.45, 2.75) is 19.4 Å². The Morgan fingerprint density at radius 3 is 2.71 bits per heavy atom. The SMILES string of the molecule is CC(N)C1CCN(C(=O)c2cc([N+](=O)[O-])cc(Cl)c2Cl)C1. The van der Waals surface area contributed by atoms with Crippen molar-refractivity contribution in [2.75, 3.05) is 13.1 Å². The predicted octanol–water partition coefficient (Wildman–Crippen LogP) is 2.71. The van der Waals surface area contributed by atoms with E-state index in [9.17, 15) is 14.9 Å². The molecule has 21 heavy (non-hydrogen) atoms. The number of benzene rings is 1. The molecule has 2 rings (SSSR count). The molecule has 1 aliphatic rings. The van der Waals surface area contributed by atoms with Gasteiger partial charge in [-0.25, -0.2) is 0 Å². The van der Waals surface area contributed by atoms with Crippen molar-refractivity contribution in [3.63, 3.8) is 0 Å². The van der Waals surface area contributed by atoms with E-state index in [-0.39, 0.29) is 39.2 Å². The number of amides is 1. The van der Waals surface area contributed by atoms with E-state index < -0.39 is 4.92 Å². The predicted molar refractivity (Wildman–Crippen MR) is 80.8 cm³/mol. The number of hydrogen-bond acceptors (Lipinski definition) is 4. The van der Waals surface area contributed by atoms with Crippen LogP contribution in [0.3, 0.4) is 0 Å². The number of carbonyl (C=O) groups excluding carboxylic acids is 1. The van der Waals surface area contributed by atoms with Crippen LogP contribution in [0.15, 0.2) is 12.1 Å². The fourth-order valence-corrected chi connectivity index (χ4v) is 2.81. The first-order valence-electron chi connectivity index (χ1n) is 6.49. The molecule has 0 aliphatic carbocycles. The summed E-state index contributed by atoms with van der Waals surface area (Å²) in [6, 6.07) is 2.29. The van der Waals surface area contributed by atoms with Gasteiger partial charge in [-0.3, -0.25) is 14.9 Å². The van der Waals surface area contributed by atoms with Gasteiger partial charge in [0.25, 0.3) is 11.6 Å². The zero-order valence-corrected chi connectivity index (χ0v) is 12.9. The first-order chi connectivity index (χ1) is 9.81. The fourth-order valence-electron chi connectivity index (χ4n) is 2.41. The molecule has 2 N–H and O–H groups in total. The molecule has 1 aromatic rings. The van der Waals surface area contributed by atoms with Gasteiger partial charge in [-0.15, -0.1) is 0 Å². The number of halogens is 2. The second-order valence-electron chi connectivity index (χ2n) is 5.21. The van der Waals surface area contributed by atoms with Crippen LogP contribution in [0.2, 0.25) is 10.0 Å². The van der Waals surface area contributed by atoms with Crippen molar-refractivity contribution >= 4 is 34.8 Å². The smallest absolute Gasteiger partial charge is 0.271 e. The lowest BCUT2D eigenvalue weighted by molar-refractivity contribution is -0.384. The summed E-state index contributed by atoms with van der Waals surface area (Å²) in [6.45, 7) is 2.98. The molecule has 0 radical (unpaired) electrons. The second-order valence-corrected chi connectivity index (χ2v) is 5.99. The van der Waals surface area contributed by atoms with Gasteiger partial charge < -0.3 is 10.6 Å². The summed E-state index contributed by atoms with van der Waals surface area (Å²) in [7, 11) is 0. The molecule has 0 saturated carbocycles. The van der Waals surface area contributed by atoms with Crippen molar-refractivity contribution in [1.29, 1.82) is 0 Å². The highest BCUT2D eigenvalue weighted by Gasteiger charge is 2.31. The van der Waals surface area contributed by atoms with Crippen molar-refractivity contribution in [2.24, 2.45) is 11.7 Å². The minimum atomic E-state index is -0.603. The fraction of sp³-hybridized carbons (Fsp3) is 0.462. The van der Waals surface area contributed by atoms with Crippen LogP contribution in [-0.2, 0) is 0 Å². The average Bonchev–Trinajstić information content (AvgIpc) is 2.90. The third-order valence-electron chi connectivity index (χ3n) is 3.71. The van der Waals surface area contributed by atoms with Gasteiger partial charge >= 0.3 is 0 Å². The number of nitro benzene ring substituents is 1. The van der Waals surface area contributed by atoms with Gasteiger partial charge in [-0.1, -0.05) is 23.2 Å². The number of likely N-dealkylation sites (tertiary alicyclic amines) is 1. The third-order valence-corrected chi connectivity index (χ3v) is 4.51. The van der Waals surface area contributed by atoms with E-state index in [2.05, 4.69) is 0 Å². The van der Waals surface area contributed by atoms with Crippen molar-refractivity contribution in [3.8, 4) is 0 Å². The van der Waals surface area contributed by atoms with E-state index in [0.29, 0.717) is 13.1 Å². The number of nitrogens with zero attached hydrogens (tertiary/aromatic N) is 2. The van der Waals surface area contributed by atoms with E-state index >= 15 is 0 Å². The minimum absolute atomic E-state index is 0.00263. The Hall–Kier alpha value is -1.37. The van der Waals surface area contributed by atoms with Crippen molar-refractivity contribution in [1.82, 2.24) is 4.90 Å². The van der Waals surface area contributed by atoms with E-state index in [1.807, 2.05) is 6.92 Å². The molecule has 1 aliphatic heterocycles. The van der Waals surface area contributed by atoms with Crippen LogP contribution in [0.4, 0.5) is 5.69 Å². The Labute approximate surface area is 132 Å². The van der Waals surface area contributed by atoms with Crippen LogP contribution in [0.1, 0.15) is 23.7 Å². The molecule has 0 bridgehead atoms. The van der Waals surface area contributed by atoms with Crippen LogP contribution in [0.5, 0.6) is 0 Å². The van der Waals surface area contributed by atoms with Crippen LogP contribution < -0.4 is 5.73 Å². The normalized spacial score (nSPS) is 19.6. The molecular weight excluding hydrogens is 317 g/mol. The quantitative estimate of drug-likeness (QED) is 0.681. The van der Waals surface area contributed by atoms with E-state index in [0.717, 1.165) is 18.6 Å². The molecule has 0 spiro atoms. The van der Waals surface area contributed by atoms with E-state index in [4.69, 9.17) is 28.9 Å². The summed E-state index contributed by atoms with van der Waals surface area (Å²) >= 11 is 11.9. The number of non-ortho nitro benzene ring substituents is 1.